The third-order valence-corrected chi connectivity index (χ3v) is 4.93. The van der Waals surface area contributed by atoms with Gasteiger partial charge in [-0.05, 0) is 72.3 Å². The third kappa shape index (κ3) is 6.68. The number of nitrogens with zero attached hydrogens (tertiary/aromatic N) is 1. The maximum Gasteiger partial charge on any atom is 0.407 e. The summed E-state index contributed by atoms with van der Waals surface area (Å²) in [6, 6.07) is 0.909. The number of hydrogen-bond acceptors (Lipinski definition) is 4. The first-order chi connectivity index (χ1) is 10.8. The Kier molecular flexibility index (Phi) is 6.72. The van der Waals surface area contributed by atoms with Crippen LogP contribution >= 0.6 is 0 Å². The number of hydrogen-bond donors (Lipinski definition) is 1. The second kappa shape index (κ2) is 8.34. The monoisotopic (exact) mass is 326 g/mol. The molecule has 1 amide bonds. The van der Waals surface area contributed by atoms with Gasteiger partial charge in [0.25, 0.3) is 0 Å². The summed E-state index contributed by atoms with van der Waals surface area (Å²) >= 11 is 0. The second-order valence-electron chi connectivity index (χ2n) is 8.15. The number of carbonyl (C=O) groups is 1. The smallest absolute Gasteiger partial charge is 0.407 e. The molecule has 0 unspecified atom stereocenters. The summed E-state index contributed by atoms with van der Waals surface area (Å²) in [5.74, 6) is 0.784. The number of amides is 1. The zero-order valence-corrected chi connectivity index (χ0v) is 15.3. The molecule has 0 aromatic heterocycles. The maximum atomic E-state index is 11.8. The lowest BCUT2D eigenvalue weighted by Crippen LogP contribution is -2.45. The van der Waals surface area contributed by atoms with Crippen molar-refractivity contribution in [1.29, 1.82) is 0 Å². The first-order valence-corrected chi connectivity index (χ1v) is 9.11. The van der Waals surface area contributed by atoms with E-state index < -0.39 is 5.60 Å². The van der Waals surface area contributed by atoms with Crippen molar-refractivity contribution >= 4 is 6.09 Å². The maximum absolute atomic E-state index is 11.8. The number of carbonyl (C=O) groups excluding carboxylic acids is 1. The minimum absolute atomic E-state index is 0.262. The van der Waals surface area contributed by atoms with Gasteiger partial charge in [-0.25, -0.2) is 4.79 Å². The van der Waals surface area contributed by atoms with Gasteiger partial charge in [-0.2, -0.15) is 0 Å². The molecular formula is C18H34N2O3. The zero-order chi connectivity index (χ0) is 16.9. The highest BCUT2D eigenvalue weighted by Gasteiger charge is 2.27. The van der Waals surface area contributed by atoms with E-state index >= 15 is 0 Å². The molecule has 1 aliphatic carbocycles. The van der Waals surface area contributed by atoms with E-state index in [0.29, 0.717) is 6.04 Å². The van der Waals surface area contributed by atoms with Crippen molar-refractivity contribution in [3.8, 4) is 0 Å². The SMILES string of the molecule is CN(CC1CCOCC1)C1CCC(NC(=O)OC(C)(C)C)CC1. The normalized spacial score (nSPS) is 27.0. The molecule has 134 valence electrons. The molecule has 1 N–H and O–H groups in total. The van der Waals surface area contributed by atoms with Crippen LogP contribution in [0.15, 0.2) is 0 Å². The number of rotatable bonds is 4. The largest absolute Gasteiger partial charge is 0.444 e. The van der Waals surface area contributed by atoms with Crippen LogP contribution in [0.2, 0.25) is 0 Å². The Morgan fingerprint density at radius 2 is 1.74 bits per heavy atom. The zero-order valence-electron chi connectivity index (χ0n) is 15.3. The Hall–Kier alpha value is -0.810. The van der Waals surface area contributed by atoms with Crippen LogP contribution in [0.1, 0.15) is 59.3 Å². The molecule has 0 aromatic carbocycles. The van der Waals surface area contributed by atoms with E-state index in [-0.39, 0.29) is 12.1 Å². The summed E-state index contributed by atoms with van der Waals surface area (Å²) in [6.45, 7) is 8.71. The molecule has 5 heteroatoms. The van der Waals surface area contributed by atoms with Gasteiger partial charge in [0.05, 0.1) is 0 Å². The van der Waals surface area contributed by atoms with Crippen LogP contribution in [0.4, 0.5) is 4.79 Å². The van der Waals surface area contributed by atoms with E-state index in [4.69, 9.17) is 9.47 Å². The number of alkyl carbamates (subject to hydrolysis) is 1. The molecule has 2 fully saturated rings. The molecule has 1 aliphatic heterocycles. The summed E-state index contributed by atoms with van der Waals surface area (Å²) in [5, 5.41) is 3.02. The minimum atomic E-state index is -0.425. The molecular weight excluding hydrogens is 292 g/mol. The molecule has 2 aliphatic rings. The average molecular weight is 326 g/mol. The highest BCUT2D eigenvalue weighted by Crippen LogP contribution is 2.25. The summed E-state index contributed by atoms with van der Waals surface area (Å²) in [7, 11) is 2.25. The molecule has 0 aromatic rings. The van der Waals surface area contributed by atoms with Gasteiger partial charge in [0.15, 0.2) is 0 Å². The lowest BCUT2D eigenvalue weighted by atomic mass is 9.89. The van der Waals surface area contributed by atoms with E-state index in [1.165, 1.54) is 19.4 Å². The van der Waals surface area contributed by atoms with Gasteiger partial charge in [-0.15, -0.1) is 0 Å². The minimum Gasteiger partial charge on any atom is -0.444 e. The van der Waals surface area contributed by atoms with Crippen molar-refractivity contribution in [2.75, 3.05) is 26.8 Å². The van der Waals surface area contributed by atoms with Crippen molar-refractivity contribution < 1.29 is 14.3 Å². The van der Waals surface area contributed by atoms with Gasteiger partial charge in [0.1, 0.15) is 5.60 Å². The predicted octanol–water partition coefficient (Wildman–Crippen LogP) is 3.18. The lowest BCUT2D eigenvalue weighted by Gasteiger charge is -2.37. The van der Waals surface area contributed by atoms with E-state index in [2.05, 4.69) is 17.3 Å². The molecule has 0 bridgehead atoms. The summed E-state index contributed by atoms with van der Waals surface area (Å²) in [4.78, 5) is 14.4. The fourth-order valence-electron chi connectivity index (χ4n) is 3.62. The van der Waals surface area contributed by atoms with Crippen LogP contribution in [0, 0.1) is 5.92 Å². The van der Waals surface area contributed by atoms with Crippen LogP contribution in [-0.2, 0) is 9.47 Å². The summed E-state index contributed by atoms with van der Waals surface area (Å²) in [5.41, 5.74) is -0.425. The predicted molar refractivity (Wildman–Crippen MR) is 91.6 cm³/mol. The highest BCUT2D eigenvalue weighted by atomic mass is 16.6. The van der Waals surface area contributed by atoms with Crippen molar-refractivity contribution in [3.05, 3.63) is 0 Å². The van der Waals surface area contributed by atoms with Gasteiger partial charge in [-0.3, -0.25) is 0 Å². The van der Waals surface area contributed by atoms with Crippen LogP contribution in [0.25, 0.3) is 0 Å². The van der Waals surface area contributed by atoms with E-state index in [1.54, 1.807) is 0 Å². The van der Waals surface area contributed by atoms with Crippen molar-refractivity contribution in [3.63, 3.8) is 0 Å². The number of nitrogens with one attached hydrogen (secondary N) is 1. The fraction of sp³-hybridized carbons (Fsp3) is 0.944. The molecule has 5 nitrogen and oxygen atoms in total. The van der Waals surface area contributed by atoms with Crippen LogP contribution in [0.5, 0.6) is 0 Å². The molecule has 1 saturated carbocycles. The third-order valence-electron chi connectivity index (χ3n) is 4.93. The van der Waals surface area contributed by atoms with Crippen LogP contribution in [0.3, 0.4) is 0 Å². The van der Waals surface area contributed by atoms with Crippen LogP contribution in [-0.4, -0.2) is 55.5 Å². The fourth-order valence-corrected chi connectivity index (χ4v) is 3.62. The van der Waals surface area contributed by atoms with Crippen molar-refractivity contribution in [2.45, 2.75) is 77.0 Å². The van der Waals surface area contributed by atoms with E-state index in [0.717, 1.165) is 44.8 Å². The average Bonchev–Trinajstić information content (AvgIpc) is 2.47. The summed E-state index contributed by atoms with van der Waals surface area (Å²) < 4.78 is 10.8. The van der Waals surface area contributed by atoms with Gasteiger partial charge in [-0.1, -0.05) is 0 Å². The molecule has 2 rings (SSSR count). The second-order valence-corrected chi connectivity index (χ2v) is 8.15. The van der Waals surface area contributed by atoms with Crippen molar-refractivity contribution in [2.24, 2.45) is 5.92 Å². The highest BCUT2D eigenvalue weighted by molar-refractivity contribution is 5.68. The van der Waals surface area contributed by atoms with Crippen LogP contribution < -0.4 is 5.32 Å². The topological polar surface area (TPSA) is 50.8 Å². The molecule has 1 saturated heterocycles. The Morgan fingerprint density at radius 3 is 2.30 bits per heavy atom. The Balaban J connectivity index is 1.67. The van der Waals surface area contributed by atoms with Gasteiger partial charge >= 0.3 is 6.09 Å². The van der Waals surface area contributed by atoms with Crippen molar-refractivity contribution in [1.82, 2.24) is 10.2 Å². The van der Waals surface area contributed by atoms with E-state index in [1.807, 2.05) is 20.8 Å². The van der Waals surface area contributed by atoms with E-state index in [9.17, 15) is 4.79 Å². The Morgan fingerprint density at radius 1 is 1.13 bits per heavy atom. The Bertz CT molecular complexity index is 367. The Labute approximate surface area is 141 Å². The molecule has 0 atom stereocenters. The standard InChI is InChI=1S/C18H34N2O3/c1-18(2,3)23-17(21)19-15-5-7-16(8-6-15)20(4)13-14-9-11-22-12-10-14/h14-16H,5-13H2,1-4H3,(H,19,21). The molecule has 0 spiro atoms. The van der Waals surface area contributed by atoms with Gasteiger partial charge in [0, 0.05) is 31.8 Å². The summed E-state index contributed by atoms with van der Waals surface area (Å²) in [6.07, 6.45) is 6.50. The van der Waals surface area contributed by atoms with Gasteiger partial charge in [0.2, 0.25) is 0 Å². The molecule has 23 heavy (non-hydrogen) atoms. The lowest BCUT2D eigenvalue weighted by molar-refractivity contribution is 0.0423. The first-order valence-electron chi connectivity index (χ1n) is 9.11. The molecule has 1 heterocycles. The first kappa shape index (κ1) is 18.5. The quantitative estimate of drug-likeness (QED) is 0.862. The van der Waals surface area contributed by atoms with Gasteiger partial charge < -0.3 is 19.7 Å². The molecule has 0 radical (unpaired) electrons. The number of ether oxygens (including phenoxy) is 2.